The summed E-state index contributed by atoms with van der Waals surface area (Å²) in [6.45, 7) is 4.76. The van der Waals surface area contributed by atoms with Crippen molar-refractivity contribution in [1.82, 2.24) is 15.1 Å². The van der Waals surface area contributed by atoms with Crippen LogP contribution in [0.25, 0.3) is 0 Å². The van der Waals surface area contributed by atoms with Gasteiger partial charge in [-0.3, -0.25) is 14.5 Å². The van der Waals surface area contributed by atoms with E-state index in [-0.39, 0.29) is 17.2 Å². The fourth-order valence-corrected chi connectivity index (χ4v) is 4.57. The summed E-state index contributed by atoms with van der Waals surface area (Å²) in [4.78, 5) is 29.2. The summed E-state index contributed by atoms with van der Waals surface area (Å²) in [5, 5.41) is 3.15. The van der Waals surface area contributed by atoms with E-state index in [4.69, 9.17) is 0 Å². The molecule has 1 aliphatic carbocycles. The summed E-state index contributed by atoms with van der Waals surface area (Å²) in [5.41, 5.74) is 1.50. The lowest BCUT2D eigenvalue weighted by atomic mass is 9.95. The molecule has 2 aliphatic heterocycles. The molecule has 0 spiro atoms. The second-order valence-electron chi connectivity index (χ2n) is 8.51. The lowest BCUT2D eigenvalue weighted by molar-refractivity contribution is -0.136. The summed E-state index contributed by atoms with van der Waals surface area (Å²) in [6.07, 6.45) is 6.38. The molecule has 1 aromatic carbocycles. The van der Waals surface area contributed by atoms with Crippen LogP contribution in [0.4, 0.5) is 0 Å². The Hall–Kier alpha value is -1.88. The summed E-state index contributed by atoms with van der Waals surface area (Å²) >= 11 is 0. The van der Waals surface area contributed by atoms with Crippen molar-refractivity contribution >= 4 is 11.8 Å². The van der Waals surface area contributed by atoms with Gasteiger partial charge < -0.3 is 10.2 Å². The van der Waals surface area contributed by atoms with Crippen molar-refractivity contribution in [3.8, 4) is 0 Å². The molecule has 4 rings (SSSR count). The van der Waals surface area contributed by atoms with Gasteiger partial charge in [0.05, 0.1) is 6.54 Å². The molecule has 1 aromatic rings. The van der Waals surface area contributed by atoms with Crippen molar-refractivity contribution < 1.29 is 9.59 Å². The fourth-order valence-electron chi connectivity index (χ4n) is 4.57. The van der Waals surface area contributed by atoms with Crippen LogP contribution in [-0.2, 0) is 15.0 Å². The number of hydrogen-bond acceptors (Lipinski definition) is 3. The van der Waals surface area contributed by atoms with Gasteiger partial charge in [-0.1, -0.05) is 30.3 Å². The average Bonchev–Trinajstić information content (AvgIpc) is 3.30. The van der Waals surface area contributed by atoms with E-state index >= 15 is 0 Å². The fraction of sp³-hybridized carbons (Fsp3) is 0.636. The molecule has 2 heterocycles. The highest BCUT2D eigenvalue weighted by Gasteiger charge is 2.44. The van der Waals surface area contributed by atoms with Crippen LogP contribution in [0.3, 0.4) is 0 Å². The Kier molecular flexibility index (Phi) is 5.48. The number of carbonyl (C=O) groups excluding carboxylic acids is 2. The highest BCUT2D eigenvalue weighted by molar-refractivity contribution is 5.80. The van der Waals surface area contributed by atoms with E-state index in [0.29, 0.717) is 12.5 Å². The van der Waals surface area contributed by atoms with Gasteiger partial charge in [-0.2, -0.15) is 0 Å². The molecule has 5 nitrogen and oxygen atoms in total. The van der Waals surface area contributed by atoms with E-state index in [1.807, 2.05) is 11.0 Å². The van der Waals surface area contributed by atoms with E-state index in [1.165, 1.54) is 5.56 Å². The maximum absolute atomic E-state index is 12.5. The van der Waals surface area contributed by atoms with E-state index in [9.17, 15) is 9.59 Å². The van der Waals surface area contributed by atoms with Crippen LogP contribution >= 0.6 is 0 Å². The van der Waals surface area contributed by atoms with Gasteiger partial charge in [-0.25, -0.2) is 0 Å². The standard InChI is InChI=1S/C22H31N3O2/c26-20(23-17-22(10-11-22)19-6-2-1-3-7-19)16-24-14-8-18(9-15-24)21(27)25-12-4-5-13-25/h1-3,6-7,18H,4-5,8-17H2,(H,23,26). The van der Waals surface area contributed by atoms with Crippen LogP contribution < -0.4 is 5.32 Å². The number of piperidine rings is 1. The minimum absolute atomic E-state index is 0.113. The van der Waals surface area contributed by atoms with Gasteiger partial charge in [0.15, 0.2) is 0 Å². The van der Waals surface area contributed by atoms with E-state index in [1.54, 1.807) is 0 Å². The SMILES string of the molecule is O=C(CN1CCC(C(=O)N2CCCC2)CC1)NCC1(c2ccccc2)CC1. The first-order valence-electron chi connectivity index (χ1n) is 10.5. The molecule has 0 radical (unpaired) electrons. The second kappa shape index (κ2) is 8.01. The number of carbonyl (C=O) groups is 2. The van der Waals surface area contributed by atoms with Crippen molar-refractivity contribution in [2.45, 2.75) is 43.9 Å². The molecule has 1 saturated carbocycles. The normalized spacial score (nSPS) is 22.6. The molecule has 0 unspecified atom stereocenters. The predicted molar refractivity (Wildman–Crippen MR) is 105 cm³/mol. The van der Waals surface area contributed by atoms with Gasteiger partial charge >= 0.3 is 0 Å². The van der Waals surface area contributed by atoms with Crippen molar-refractivity contribution in [2.75, 3.05) is 39.3 Å². The lowest BCUT2D eigenvalue weighted by Crippen LogP contribution is -2.45. The van der Waals surface area contributed by atoms with Gasteiger partial charge in [0.2, 0.25) is 11.8 Å². The summed E-state index contributed by atoms with van der Waals surface area (Å²) in [7, 11) is 0. The van der Waals surface area contributed by atoms with Gasteiger partial charge in [0.25, 0.3) is 0 Å². The van der Waals surface area contributed by atoms with Crippen molar-refractivity contribution in [3.63, 3.8) is 0 Å². The Morgan fingerprint density at radius 1 is 1.00 bits per heavy atom. The number of benzene rings is 1. The molecule has 2 amide bonds. The Morgan fingerprint density at radius 2 is 1.67 bits per heavy atom. The number of rotatable bonds is 6. The maximum Gasteiger partial charge on any atom is 0.234 e. The maximum atomic E-state index is 12.5. The number of amides is 2. The highest BCUT2D eigenvalue weighted by Crippen LogP contribution is 2.47. The zero-order valence-corrected chi connectivity index (χ0v) is 16.2. The summed E-state index contributed by atoms with van der Waals surface area (Å²) in [6, 6.07) is 10.5. The molecule has 2 saturated heterocycles. The number of likely N-dealkylation sites (tertiary alicyclic amines) is 2. The van der Waals surface area contributed by atoms with Gasteiger partial charge in [-0.05, 0) is 57.2 Å². The Balaban J connectivity index is 1.19. The molecule has 1 N–H and O–H groups in total. The number of nitrogens with one attached hydrogen (secondary N) is 1. The van der Waals surface area contributed by atoms with Gasteiger partial charge in [0.1, 0.15) is 0 Å². The van der Waals surface area contributed by atoms with E-state index in [0.717, 1.165) is 71.2 Å². The second-order valence-corrected chi connectivity index (χ2v) is 8.51. The van der Waals surface area contributed by atoms with Crippen LogP contribution in [0.1, 0.15) is 44.1 Å². The average molecular weight is 370 g/mol. The summed E-state index contributed by atoms with van der Waals surface area (Å²) < 4.78 is 0. The first-order chi connectivity index (χ1) is 13.2. The minimum Gasteiger partial charge on any atom is -0.354 e. The molecule has 0 aromatic heterocycles. The molecule has 27 heavy (non-hydrogen) atoms. The zero-order chi connectivity index (χ0) is 18.7. The molecule has 0 bridgehead atoms. The zero-order valence-electron chi connectivity index (χ0n) is 16.2. The first kappa shape index (κ1) is 18.5. The Morgan fingerprint density at radius 3 is 2.30 bits per heavy atom. The van der Waals surface area contributed by atoms with Crippen LogP contribution in [-0.4, -0.2) is 60.9 Å². The quantitative estimate of drug-likeness (QED) is 0.836. The third-order valence-corrected chi connectivity index (χ3v) is 6.59. The summed E-state index contributed by atoms with van der Waals surface area (Å²) in [5.74, 6) is 0.617. The molecule has 3 aliphatic rings. The topological polar surface area (TPSA) is 52.7 Å². The Bertz CT molecular complexity index is 657. The van der Waals surface area contributed by atoms with Crippen molar-refractivity contribution in [1.29, 1.82) is 0 Å². The first-order valence-corrected chi connectivity index (χ1v) is 10.5. The monoisotopic (exact) mass is 369 g/mol. The minimum atomic E-state index is 0.113. The lowest BCUT2D eigenvalue weighted by Gasteiger charge is -2.32. The molecule has 5 heteroatoms. The third-order valence-electron chi connectivity index (χ3n) is 6.59. The van der Waals surface area contributed by atoms with E-state index in [2.05, 4.69) is 34.5 Å². The van der Waals surface area contributed by atoms with Gasteiger partial charge in [-0.15, -0.1) is 0 Å². The van der Waals surface area contributed by atoms with E-state index < -0.39 is 0 Å². The third kappa shape index (κ3) is 4.34. The molecule has 0 atom stereocenters. The van der Waals surface area contributed by atoms with Gasteiger partial charge in [0, 0.05) is 31.0 Å². The van der Waals surface area contributed by atoms with Crippen molar-refractivity contribution in [2.24, 2.45) is 5.92 Å². The highest BCUT2D eigenvalue weighted by atomic mass is 16.2. The molecular formula is C22H31N3O2. The molecule has 146 valence electrons. The molecular weight excluding hydrogens is 338 g/mol. The smallest absolute Gasteiger partial charge is 0.234 e. The number of nitrogens with zero attached hydrogens (tertiary/aromatic N) is 2. The molecule has 3 fully saturated rings. The largest absolute Gasteiger partial charge is 0.354 e. The van der Waals surface area contributed by atoms with Crippen LogP contribution in [0.15, 0.2) is 30.3 Å². The Labute approximate surface area is 162 Å². The predicted octanol–water partition coefficient (Wildman–Crippen LogP) is 2.17. The van der Waals surface area contributed by atoms with Crippen LogP contribution in [0.5, 0.6) is 0 Å². The van der Waals surface area contributed by atoms with Crippen molar-refractivity contribution in [3.05, 3.63) is 35.9 Å². The number of hydrogen-bond donors (Lipinski definition) is 1. The van der Waals surface area contributed by atoms with Crippen LogP contribution in [0, 0.1) is 5.92 Å². The van der Waals surface area contributed by atoms with Crippen LogP contribution in [0.2, 0.25) is 0 Å².